The van der Waals surface area contributed by atoms with Gasteiger partial charge in [-0.2, -0.15) is 0 Å². The maximum Gasteiger partial charge on any atom is 0.338 e. The summed E-state index contributed by atoms with van der Waals surface area (Å²) >= 11 is 5.82. The number of nitrogens with one attached hydrogen (secondary N) is 1. The number of hydrogen-bond acceptors (Lipinski definition) is 4. The van der Waals surface area contributed by atoms with Crippen LogP contribution >= 0.6 is 11.6 Å². The second kappa shape index (κ2) is 8.20. The summed E-state index contributed by atoms with van der Waals surface area (Å²) in [6.07, 6.45) is 5.19. The maximum atomic E-state index is 12.0. The van der Waals surface area contributed by atoms with E-state index < -0.39 is 12.1 Å². The summed E-state index contributed by atoms with van der Waals surface area (Å²) in [6, 6.07) is 4.49. The minimum absolute atomic E-state index is 0.272. The van der Waals surface area contributed by atoms with Crippen molar-refractivity contribution in [2.45, 2.75) is 45.1 Å². The quantitative estimate of drug-likeness (QED) is 0.638. The van der Waals surface area contributed by atoms with Crippen LogP contribution in [0.2, 0.25) is 5.02 Å². The molecule has 2 rings (SSSR count). The Hall–Kier alpha value is -1.75. The van der Waals surface area contributed by atoms with E-state index in [2.05, 4.69) is 5.32 Å². The van der Waals surface area contributed by atoms with Crippen LogP contribution in [0.5, 0.6) is 0 Å². The highest BCUT2D eigenvalue weighted by Gasteiger charge is 2.21. The van der Waals surface area contributed by atoms with Crippen LogP contribution in [0, 0.1) is 5.92 Å². The molecule has 1 aromatic rings. The van der Waals surface area contributed by atoms with E-state index in [4.69, 9.17) is 22.1 Å². The highest BCUT2D eigenvalue weighted by molar-refractivity contribution is 6.33. The van der Waals surface area contributed by atoms with Gasteiger partial charge in [0.15, 0.2) is 6.10 Å². The van der Waals surface area contributed by atoms with Crippen LogP contribution < -0.4 is 11.1 Å². The van der Waals surface area contributed by atoms with Crippen LogP contribution in [-0.2, 0) is 9.53 Å². The molecule has 0 bridgehead atoms. The minimum atomic E-state index is -0.844. The zero-order valence-corrected chi connectivity index (χ0v) is 14.1. The number of carbonyl (C=O) groups is 2. The Morgan fingerprint density at radius 1 is 1.35 bits per heavy atom. The molecule has 0 aromatic heterocycles. The van der Waals surface area contributed by atoms with Gasteiger partial charge < -0.3 is 15.8 Å². The first-order valence-electron chi connectivity index (χ1n) is 8.01. The molecule has 0 aliphatic heterocycles. The van der Waals surface area contributed by atoms with Crippen molar-refractivity contribution in [1.29, 1.82) is 0 Å². The summed E-state index contributed by atoms with van der Waals surface area (Å²) in [6.45, 7) is 2.21. The summed E-state index contributed by atoms with van der Waals surface area (Å²) in [5, 5.41) is 3.24. The monoisotopic (exact) mass is 338 g/mol. The van der Waals surface area contributed by atoms with Gasteiger partial charge in [-0.3, -0.25) is 4.79 Å². The molecule has 0 unspecified atom stereocenters. The fraction of sp³-hybridized carbons (Fsp3) is 0.529. The van der Waals surface area contributed by atoms with Crippen molar-refractivity contribution in [3.8, 4) is 0 Å². The number of halogens is 1. The summed E-state index contributed by atoms with van der Waals surface area (Å²) in [5.41, 5.74) is 6.24. The Bertz CT molecular complexity index is 571. The lowest BCUT2D eigenvalue weighted by atomic mass is 9.89. The lowest BCUT2D eigenvalue weighted by molar-refractivity contribution is -0.129. The van der Waals surface area contributed by atoms with Crippen LogP contribution in [0.1, 0.15) is 49.4 Å². The van der Waals surface area contributed by atoms with E-state index in [9.17, 15) is 9.59 Å². The van der Waals surface area contributed by atoms with Gasteiger partial charge in [0, 0.05) is 6.54 Å². The molecule has 0 radical (unpaired) electrons. The molecule has 1 atom stereocenters. The average molecular weight is 339 g/mol. The molecule has 0 heterocycles. The van der Waals surface area contributed by atoms with E-state index in [-0.39, 0.29) is 11.5 Å². The van der Waals surface area contributed by atoms with Crippen LogP contribution in [0.4, 0.5) is 5.69 Å². The second-order valence-corrected chi connectivity index (χ2v) is 6.44. The van der Waals surface area contributed by atoms with Gasteiger partial charge in [0.2, 0.25) is 0 Å². The number of esters is 1. The summed E-state index contributed by atoms with van der Waals surface area (Å²) in [4.78, 5) is 24.1. The van der Waals surface area contributed by atoms with Crippen molar-refractivity contribution in [2.24, 2.45) is 5.92 Å². The van der Waals surface area contributed by atoms with Crippen molar-refractivity contribution < 1.29 is 14.3 Å². The van der Waals surface area contributed by atoms with E-state index >= 15 is 0 Å². The minimum Gasteiger partial charge on any atom is -0.449 e. The van der Waals surface area contributed by atoms with Crippen molar-refractivity contribution in [2.75, 3.05) is 12.3 Å². The Balaban J connectivity index is 1.82. The number of nitrogens with two attached hydrogens (primary N) is 1. The molecule has 126 valence electrons. The number of anilines is 1. The highest BCUT2D eigenvalue weighted by atomic mass is 35.5. The van der Waals surface area contributed by atoms with Crippen molar-refractivity contribution >= 4 is 29.2 Å². The lowest BCUT2D eigenvalue weighted by Gasteiger charge is -2.22. The molecular weight excluding hydrogens is 316 g/mol. The standard InChI is InChI=1S/C17H23ClN2O3/c1-11(16(21)20-10-12-5-3-2-4-6-12)23-17(22)13-7-8-14(18)15(19)9-13/h7-9,11-12H,2-6,10,19H2,1H3,(H,20,21)/t11-/m0/s1. The van der Waals surface area contributed by atoms with Crippen LogP contribution in [0.25, 0.3) is 0 Å². The number of rotatable bonds is 5. The summed E-state index contributed by atoms with van der Waals surface area (Å²) in [5.74, 6) is -0.328. The molecule has 1 saturated carbocycles. The molecule has 23 heavy (non-hydrogen) atoms. The lowest BCUT2D eigenvalue weighted by Crippen LogP contribution is -2.38. The van der Waals surface area contributed by atoms with Crippen molar-refractivity contribution in [3.05, 3.63) is 28.8 Å². The third-order valence-corrected chi connectivity index (χ3v) is 4.52. The van der Waals surface area contributed by atoms with Crippen LogP contribution in [0.3, 0.4) is 0 Å². The van der Waals surface area contributed by atoms with Gasteiger partial charge in [-0.05, 0) is 43.9 Å². The Morgan fingerprint density at radius 3 is 2.70 bits per heavy atom. The molecule has 0 saturated heterocycles. The normalized spacial score (nSPS) is 16.6. The molecule has 6 heteroatoms. The predicted molar refractivity (Wildman–Crippen MR) is 90.3 cm³/mol. The van der Waals surface area contributed by atoms with Crippen molar-refractivity contribution in [1.82, 2.24) is 5.32 Å². The second-order valence-electron chi connectivity index (χ2n) is 6.03. The number of nitrogen functional groups attached to an aromatic ring is 1. The molecule has 1 aliphatic carbocycles. The van der Waals surface area contributed by atoms with E-state index in [0.717, 1.165) is 12.8 Å². The predicted octanol–water partition coefficient (Wildman–Crippen LogP) is 3.16. The van der Waals surface area contributed by atoms with Gasteiger partial charge in [-0.15, -0.1) is 0 Å². The molecule has 1 fully saturated rings. The maximum absolute atomic E-state index is 12.0. The Morgan fingerprint density at radius 2 is 2.04 bits per heavy atom. The molecule has 1 amide bonds. The largest absolute Gasteiger partial charge is 0.449 e. The van der Waals surface area contributed by atoms with Crippen molar-refractivity contribution in [3.63, 3.8) is 0 Å². The molecule has 3 N–H and O–H groups in total. The number of amides is 1. The Kier molecular flexibility index (Phi) is 6.28. The van der Waals surface area contributed by atoms with Gasteiger partial charge in [0.1, 0.15) is 0 Å². The number of hydrogen-bond donors (Lipinski definition) is 2. The average Bonchev–Trinajstić information content (AvgIpc) is 2.55. The molecule has 1 aromatic carbocycles. The van der Waals surface area contributed by atoms with Gasteiger partial charge >= 0.3 is 5.97 Å². The van der Waals surface area contributed by atoms with Gasteiger partial charge in [0.25, 0.3) is 5.91 Å². The molecule has 5 nitrogen and oxygen atoms in total. The summed E-state index contributed by atoms with van der Waals surface area (Å²) in [7, 11) is 0. The van der Waals surface area contributed by atoms with Crippen LogP contribution in [0.15, 0.2) is 18.2 Å². The molecular formula is C17H23ClN2O3. The zero-order valence-electron chi connectivity index (χ0n) is 13.3. The fourth-order valence-electron chi connectivity index (χ4n) is 2.73. The van der Waals surface area contributed by atoms with E-state index in [1.165, 1.54) is 37.5 Å². The third kappa shape index (κ3) is 5.13. The molecule has 1 aliphatic rings. The van der Waals surface area contributed by atoms with Crippen LogP contribution in [-0.4, -0.2) is 24.5 Å². The zero-order chi connectivity index (χ0) is 16.8. The first kappa shape index (κ1) is 17.6. The van der Waals surface area contributed by atoms with E-state index in [1.54, 1.807) is 6.92 Å². The fourth-order valence-corrected chi connectivity index (χ4v) is 2.85. The topological polar surface area (TPSA) is 81.4 Å². The van der Waals surface area contributed by atoms with Gasteiger partial charge in [-0.1, -0.05) is 30.9 Å². The number of benzene rings is 1. The Labute approximate surface area is 141 Å². The first-order valence-corrected chi connectivity index (χ1v) is 8.39. The SMILES string of the molecule is C[C@H](OC(=O)c1ccc(Cl)c(N)c1)C(=O)NCC1CCCCC1. The van der Waals surface area contributed by atoms with E-state index in [0.29, 0.717) is 23.2 Å². The van der Waals surface area contributed by atoms with Gasteiger partial charge in [0.05, 0.1) is 16.3 Å². The molecule has 0 spiro atoms. The number of ether oxygens (including phenoxy) is 1. The number of carbonyl (C=O) groups excluding carboxylic acids is 2. The van der Waals surface area contributed by atoms with E-state index in [1.807, 2.05) is 0 Å². The first-order chi connectivity index (χ1) is 11.0. The summed E-state index contributed by atoms with van der Waals surface area (Å²) < 4.78 is 5.18. The highest BCUT2D eigenvalue weighted by Crippen LogP contribution is 2.23. The smallest absolute Gasteiger partial charge is 0.338 e. The van der Waals surface area contributed by atoms with Gasteiger partial charge in [-0.25, -0.2) is 4.79 Å². The third-order valence-electron chi connectivity index (χ3n) is 4.17.